The molecule has 1 amide bonds. The molecule has 6 heteroatoms. The van der Waals surface area contributed by atoms with Gasteiger partial charge in [0.15, 0.2) is 6.10 Å². The number of ether oxygens (including phenoxy) is 3. The summed E-state index contributed by atoms with van der Waals surface area (Å²) in [6.07, 6.45) is -0.993. The van der Waals surface area contributed by atoms with Gasteiger partial charge in [0.1, 0.15) is 17.1 Å². The number of amides is 1. The molecule has 0 bridgehead atoms. The molecule has 2 rings (SSSR count). The number of rotatable bonds is 6. The van der Waals surface area contributed by atoms with E-state index in [4.69, 9.17) is 14.2 Å². The summed E-state index contributed by atoms with van der Waals surface area (Å²) in [4.78, 5) is 25.1. The van der Waals surface area contributed by atoms with Crippen LogP contribution >= 0.6 is 0 Å². The molecule has 0 aliphatic carbocycles. The van der Waals surface area contributed by atoms with E-state index < -0.39 is 18.0 Å². The molecule has 144 valence electrons. The van der Waals surface area contributed by atoms with Crippen LogP contribution in [0.15, 0.2) is 30.3 Å². The van der Waals surface area contributed by atoms with Crippen molar-refractivity contribution >= 4 is 17.6 Å². The van der Waals surface area contributed by atoms with E-state index >= 15 is 0 Å². The molecule has 0 aliphatic heterocycles. The van der Waals surface area contributed by atoms with Gasteiger partial charge in [-0.2, -0.15) is 0 Å². The normalized spacial score (nSPS) is 11.5. The van der Waals surface area contributed by atoms with Crippen LogP contribution in [0.1, 0.15) is 34.0 Å². The molecule has 2 aromatic carbocycles. The molecule has 27 heavy (non-hydrogen) atoms. The van der Waals surface area contributed by atoms with Gasteiger partial charge in [-0.05, 0) is 51.0 Å². The van der Waals surface area contributed by atoms with Crippen molar-refractivity contribution in [1.82, 2.24) is 0 Å². The average molecular weight is 371 g/mol. The maximum atomic E-state index is 12.6. The van der Waals surface area contributed by atoms with E-state index in [1.807, 2.05) is 32.9 Å². The van der Waals surface area contributed by atoms with Crippen LogP contribution in [0.5, 0.6) is 11.5 Å². The molecular formula is C21H25NO5. The minimum Gasteiger partial charge on any atom is -0.496 e. The van der Waals surface area contributed by atoms with E-state index in [0.29, 0.717) is 11.5 Å². The van der Waals surface area contributed by atoms with Crippen molar-refractivity contribution < 1.29 is 23.8 Å². The fraction of sp³-hybridized carbons (Fsp3) is 0.333. The lowest BCUT2D eigenvalue weighted by Crippen LogP contribution is -2.30. The number of methoxy groups -OCH3 is 2. The Morgan fingerprint density at radius 2 is 1.48 bits per heavy atom. The standard InChI is InChI=1S/C21H25NO5/c1-12-10-13(2)19(14(3)11-12)22-20(23)15(4)27-21(24)18-16(25-5)8-7-9-17(18)26-6/h7-11,15H,1-6H3,(H,22,23)/t15-/m1/s1. The number of nitrogens with one attached hydrogen (secondary N) is 1. The molecule has 0 fully saturated rings. The van der Waals surface area contributed by atoms with Gasteiger partial charge in [-0.1, -0.05) is 23.8 Å². The second-order valence-corrected chi connectivity index (χ2v) is 6.35. The largest absolute Gasteiger partial charge is 0.496 e. The zero-order chi connectivity index (χ0) is 20.1. The second-order valence-electron chi connectivity index (χ2n) is 6.35. The van der Waals surface area contributed by atoms with E-state index in [2.05, 4.69) is 5.32 Å². The summed E-state index contributed by atoms with van der Waals surface area (Å²) in [5.41, 5.74) is 3.88. The minimum atomic E-state index is -0.993. The number of hydrogen-bond acceptors (Lipinski definition) is 5. The van der Waals surface area contributed by atoms with Crippen molar-refractivity contribution in [2.75, 3.05) is 19.5 Å². The van der Waals surface area contributed by atoms with Crippen LogP contribution in [0.2, 0.25) is 0 Å². The number of carbonyl (C=O) groups excluding carboxylic acids is 2. The summed E-state index contributed by atoms with van der Waals surface area (Å²) in [7, 11) is 2.90. The minimum absolute atomic E-state index is 0.143. The predicted octanol–water partition coefficient (Wildman–Crippen LogP) is 3.81. The lowest BCUT2D eigenvalue weighted by molar-refractivity contribution is -0.123. The van der Waals surface area contributed by atoms with Crippen LogP contribution in [-0.4, -0.2) is 32.2 Å². The van der Waals surface area contributed by atoms with Gasteiger partial charge in [0.05, 0.1) is 14.2 Å². The molecule has 1 N–H and O–H groups in total. The summed E-state index contributed by atoms with van der Waals surface area (Å²) < 4.78 is 15.8. The van der Waals surface area contributed by atoms with Crippen LogP contribution in [0.25, 0.3) is 0 Å². The first-order valence-corrected chi connectivity index (χ1v) is 8.59. The SMILES string of the molecule is COc1cccc(OC)c1C(=O)O[C@H](C)C(=O)Nc1c(C)cc(C)cc1C. The first-order chi connectivity index (χ1) is 12.8. The van der Waals surface area contributed by atoms with Crippen molar-refractivity contribution in [1.29, 1.82) is 0 Å². The van der Waals surface area contributed by atoms with Crippen molar-refractivity contribution in [2.45, 2.75) is 33.8 Å². The van der Waals surface area contributed by atoms with Gasteiger partial charge in [-0.25, -0.2) is 4.79 Å². The van der Waals surface area contributed by atoms with E-state index in [1.54, 1.807) is 18.2 Å². The Morgan fingerprint density at radius 1 is 0.963 bits per heavy atom. The van der Waals surface area contributed by atoms with Crippen LogP contribution in [0.4, 0.5) is 5.69 Å². The van der Waals surface area contributed by atoms with Crippen LogP contribution < -0.4 is 14.8 Å². The van der Waals surface area contributed by atoms with E-state index in [1.165, 1.54) is 21.1 Å². The molecule has 0 spiro atoms. The molecule has 0 saturated heterocycles. The number of hydrogen-bond donors (Lipinski definition) is 1. The van der Waals surface area contributed by atoms with E-state index in [9.17, 15) is 9.59 Å². The monoisotopic (exact) mass is 371 g/mol. The fourth-order valence-corrected chi connectivity index (χ4v) is 2.93. The Hall–Kier alpha value is -3.02. The highest BCUT2D eigenvalue weighted by atomic mass is 16.6. The zero-order valence-corrected chi connectivity index (χ0v) is 16.5. The van der Waals surface area contributed by atoms with Crippen molar-refractivity contribution in [3.8, 4) is 11.5 Å². The first kappa shape index (κ1) is 20.3. The summed E-state index contributed by atoms with van der Waals surface area (Å²) in [5, 5.41) is 2.84. The third-order valence-corrected chi connectivity index (χ3v) is 4.21. The Kier molecular flexibility index (Phi) is 6.45. The summed E-state index contributed by atoms with van der Waals surface area (Å²) in [6, 6.07) is 8.93. The van der Waals surface area contributed by atoms with Crippen molar-refractivity contribution in [3.63, 3.8) is 0 Å². The molecule has 2 aromatic rings. The van der Waals surface area contributed by atoms with Gasteiger partial charge in [-0.15, -0.1) is 0 Å². The molecular weight excluding hydrogens is 346 g/mol. The number of aryl methyl sites for hydroxylation is 3. The van der Waals surface area contributed by atoms with Gasteiger partial charge in [0.2, 0.25) is 0 Å². The molecule has 0 aromatic heterocycles. The maximum absolute atomic E-state index is 12.6. The van der Waals surface area contributed by atoms with Crippen LogP contribution in [-0.2, 0) is 9.53 Å². The number of benzene rings is 2. The van der Waals surface area contributed by atoms with Crippen molar-refractivity contribution in [2.24, 2.45) is 0 Å². The molecule has 0 heterocycles. The third kappa shape index (κ3) is 4.58. The Morgan fingerprint density at radius 3 is 1.96 bits per heavy atom. The van der Waals surface area contributed by atoms with Crippen LogP contribution in [0, 0.1) is 20.8 Å². The average Bonchev–Trinajstić information content (AvgIpc) is 2.63. The van der Waals surface area contributed by atoms with Gasteiger partial charge in [0, 0.05) is 5.69 Å². The molecule has 1 atom stereocenters. The fourth-order valence-electron chi connectivity index (χ4n) is 2.93. The van der Waals surface area contributed by atoms with Crippen LogP contribution in [0.3, 0.4) is 0 Å². The lowest BCUT2D eigenvalue weighted by Gasteiger charge is -2.18. The van der Waals surface area contributed by atoms with Gasteiger partial charge >= 0.3 is 5.97 Å². The molecule has 6 nitrogen and oxygen atoms in total. The zero-order valence-electron chi connectivity index (χ0n) is 16.5. The number of carbonyl (C=O) groups is 2. The Balaban J connectivity index is 2.17. The number of esters is 1. The van der Waals surface area contributed by atoms with Gasteiger partial charge in [0.25, 0.3) is 5.91 Å². The predicted molar refractivity (Wildman–Crippen MR) is 104 cm³/mol. The maximum Gasteiger partial charge on any atom is 0.346 e. The summed E-state index contributed by atoms with van der Waals surface area (Å²) in [6.45, 7) is 7.36. The lowest BCUT2D eigenvalue weighted by atomic mass is 10.0. The highest BCUT2D eigenvalue weighted by Gasteiger charge is 2.25. The summed E-state index contributed by atoms with van der Waals surface area (Å²) >= 11 is 0. The molecule has 0 radical (unpaired) electrons. The third-order valence-electron chi connectivity index (χ3n) is 4.21. The molecule has 0 aliphatic rings. The summed E-state index contributed by atoms with van der Waals surface area (Å²) in [5.74, 6) is -0.467. The number of anilines is 1. The highest BCUT2D eigenvalue weighted by molar-refractivity contribution is 6.00. The van der Waals surface area contributed by atoms with Gasteiger partial charge in [-0.3, -0.25) is 4.79 Å². The molecule has 0 unspecified atom stereocenters. The van der Waals surface area contributed by atoms with E-state index in [-0.39, 0.29) is 5.56 Å². The smallest absolute Gasteiger partial charge is 0.346 e. The highest BCUT2D eigenvalue weighted by Crippen LogP contribution is 2.29. The van der Waals surface area contributed by atoms with Crippen molar-refractivity contribution in [3.05, 3.63) is 52.6 Å². The second kappa shape index (κ2) is 8.58. The van der Waals surface area contributed by atoms with E-state index in [0.717, 1.165) is 22.4 Å². The Bertz CT molecular complexity index is 814. The molecule has 0 saturated carbocycles. The Labute approximate surface area is 159 Å². The topological polar surface area (TPSA) is 73.9 Å². The van der Waals surface area contributed by atoms with Gasteiger partial charge < -0.3 is 19.5 Å². The quantitative estimate of drug-likeness (QED) is 0.782. The first-order valence-electron chi connectivity index (χ1n) is 8.59.